The third-order valence-corrected chi connectivity index (χ3v) is 5.66. The highest BCUT2D eigenvalue weighted by Gasteiger charge is 2.13. The Bertz CT molecular complexity index is 1180. The average Bonchev–Trinajstić information content (AvgIpc) is 3.35. The fourth-order valence-corrected chi connectivity index (χ4v) is 3.90. The minimum absolute atomic E-state index is 0.0915. The van der Waals surface area contributed by atoms with Crippen LogP contribution in [0.3, 0.4) is 0 Å². The number of nitrogens with one attached hydrogen (secondary N) is 2. The molecule has 0 aliphatic rings. The summed E-state index contributed by atoms with van der Waals surface area (Å²) in [5.41, 5.74) is 3.97. The molecule has 0 saturated carbocycles. The molecule has 4 rings (SSSR count). The first-order chi connectivity index (χ1) is 14.1. The van der Waals surface area contributed by atoms with Gasteiger partial charge in [0.1, 0.15) is 11.6 Å². The van der Waals surface area contributed by atoms with Crippen molar-refractivity contribution in [2.45, 2.75) is 20.0 Å². The lowest BCUT2D eigenvalue weighted by Crippen LogP contribution is -2.27. The Morgan fingerprint density at radius 1 is 1.14 bits per heavy atom. The molecule has 0 unspecified atom stereocenters. The molecule has 6 nitrogen and oxygen atoms in total. The van der Waals surface area contributed by atoms with E-state index >= 15 is 0 Å². The maximum Gasteiger partial charge on any atom is 0.240 e. The second kappa shape index (κ2) is 8.50. The van der Waals surface area contributed by atoms with Crippen LogP contribution in [0.25, 0.3) is 22.0 Å². The summed E-state index contributed by atoms with van der Waals surface area (Å²) in [5.74, 6) is 0.496. The van der Waals surface area contributed by atoms with Gasteiger partial charge in [-0.25, -0.2) is 4.98 Å². The van der Waals surface area contributed by atoms with Crippen molar-refractivity contribution in [2.75, 3.05) is 0 Å². The molecule has 29 heavy (non-hydrogen) atoms. The molecule has 0 aliphatic carbocycles. The number of nitrogens with zero attached hydrogens (tertiary/aromatic N) is 3. The largest absolute Gasteiger partial charge is 0.349 e. The van der Waals surface area contributed by atoms with E-state index in [1.54, 1.807) is 15.9 Å². The Kier molecular flexibility index (Phi) is 5.64. The molecule has 0 fully saturated rings. The molecule has 0 aliphatic heterocycles. The van der Waals surface area contributed by atoms with E-state index in [2.05, 4.69) is 20.5 Å². The number of amides is 1. The number of thiazole rings is 1. The summed E-state index contributed by atoms with van der Waals surface area (Å²) >= 11 is 6.87. The fraction of sp³-hybridized carbons (Fsp3) is 0.143. The number of carbonyl (C=O) groups is 1. The number of hydrogen-bond acceptors (Lipinski definition) is 5. The smallest absolute Gasteiger partial charge is 0.240 e. The maximum atomic E-state index is 12.5. The van der Waals surface area contributed by atoms with Crippen LogP contribution in [0, 0.1) is 11.7 Å². The summed E-state index contributed by atoms with van der Waals surface area (Å²) in [6.07, 6.45) is 0. The first kappa shape index (κ1) is 19.2. The Labute approximate surface area is 177 Å². The predicted octanol–water partition coefficient (Wildman–Crippen LogP) is 4.36. The van der Waals surface area contributed by atoms with Crippen molar-refractivity contribution in [3.8, 4) is 22.0 Å². The number of rotatable bonds is 6. The monoisotopic (exact) mass is 421 g/mol. The maximum absolute atomic E-state index is 12.5. The number of carbonyl (C=O) groups excluding carboxylic acids is 1. The lowest BCUT2D eigenvalue weighted by Gasteiger charge is -2.08. The first-order valence-corrected chi connectivity index (χ1v) is 10.4. The van der Waals surface area contributed by atoms with Crippen LogP contribution in [0.1, 0.15) is 11.3 Å². The van der Waals surface area contributed by atoms with Gasteiger partial charge in [0, 0.05) is 16.5 Å². The molecule has 0 atom stereocenters. The normalized spacial score (nSPS) is 10.8. The van der Waals surface area contributed by atoms with Crippen molar-refractivity contribution in [3.05, 3.63) is 76.0 Å². The number of benzene rings is 2. The summed E-state index contributed by atoms with van der Waals surface area (Å²) in [4.78, 5) is 17.1. The van der Waals surface area contributed by atoms with Crippen molar-refractivity contribution >= 4 is 29.5 Å². The molecule has 0 spiro atoms. The second-order valence-corrected chi connectivity index (χ2v) is 7.84. The summed E-state index contributed by atoms with van der Waals surface area (Å²) in [5, 5.41) is 12.9. The fourth-order valence-electron chi connectivity index (χ4n) is 2.88. The second-order valence-electron chi connectivity index (χ2n) is 6.59. The molecule has 2 aromatic carbocycles. The zero-order valence-corrected chi connectivity index (χ0v) is 17.4. The van der Waals surface area contributed by atoms with Crippen molar-refractivity contribution in [2.24, 2.45) is 0 Å². The van der Waals surface area contributed by atoms with E-state index in [4.69, 9.17) is 12.2 Å². The summed E-state index contributed by atoms with van der Waals surface area (Å²) in [7, 11) is 0. The summed E-state index contributed by atoms with van der Waals surface area (Å²) < 4.78 is 2.11. The Balaban J connectivity index is 1.42. The van der Waals surface area contributed by atoms with E-state index in [0.29, 0.717) is 17.1 Å². The SMILES string of the molecule is Cc1ccc(-c2n[nH]c(=S)n2CC(=O)NCc2csc(-c3ccccc3)n2)cc1. The Hall–Kier alpha value is -3.10. The van der Waals surface area contributed by atoms with Crippen LogP contribution in [-0.2, 0) is 17.9 Å². The van der Waals surface area contributed by atoms with Gasteiger partial charge in [0.25, 0.3) is 0 Å². The number of aromatic nitrogens is 4. The van der Waals surface area contributed by atoms with E-state index in [9.17, 15) is 4.79 Å². The van der Waals surface area contributed by atoms with Crippen molar-refractivity contribution < 1.29 is 4.79 Å². The van der Waals surface area contributed by atoms with Crippen molar-refractivity contribution in [1.29, 1.82) is 0 Å². The number of H-pyrrole nitrogens is 1. The zero-order chi connectivity index (χ0) is 20.2. The van der Waals surface area contributed by atoms with Crippen LogP contribution >= 0.6 is 23.6 Å². The van der Waals surface area contributed by atoms with Crippen LogP contribution < -0.4 is 5.32 Å². The minimum Gasteiger partial charge on any atom is -0.349 e. The van der Waals surface area contributed by atoms with Gasteiger partial charge in [-0.3, -0.25) is 14.5 Å². The molecular weight excluding hydrogens is 402 g/mol. The molecule has 2 N–H and O–H groups in total. The van der Waals surface area contributed by atoms with Crippen molar-refractivity contribution in [3.63, 3.8) is 0 Å². The lowest BCUT2D eigenvalue weighted by atomic mass is 10.1. The molecule has 2 heterocycles. The van der Waals surface area contributed by atoms with E-state index in [1.165, 1.54) is 0 Å². The van der Waals surface area contributed by atoms with E-state index in [0.717, 1.165) is 27.4 Å². The minimum atomic E-state index is -0.148. The van der Waals surface area contributed by atoms with Crippen LogP contribution in [0.2, 0.25) is 0 Å². The van der Waals surface area contributed by atoms with E-state index in [-0.39, 0.29) is 12.5 Å². The quantitative estimate of drug-likeness (QED) is 0.454. The molecular formula is C21H19N5OS2. The zero-order valence-electron chi connectivity index (χ0n) is 15.8. The van der Waals surface area contributed by atoms with E-state index in [1.807, 2.05) is 66.9 Å². The Morgan fingerprint density at radius 2 is 1.90 bits per heavy atom. The lowest BCUT2D eigenvalue weighted by molar-refractivity contribution is -0.121. The topological polar surface area (TPSA) is 75.6 Å². The van der Waals surface area contributed by atoms with Gasteiger partial charge in [-0.1, -0.05) is 60.2 Å². The Morgan fingerprint density at radius 3 is 2.66 bits per heavy atom. The molecule has 1 amide bonds. The molecule has 4 aromatic rings. The highest BCUT2D eigenvalue weighted by Crippen LogP contribution is 2.23. The molecule has 0 saturated heterocycles. The molecule has 146 valence electrons. The average molecular weight is 422 g/mol. The van der Waals surface area contributed by atoms with Crippen LogP contribution in [0.4, 0.5) is 0 Å². The molecule has 0 bridgehead atoms. The van der Waals surface area contributed by atoms with Gasteiger partial charge in [-0.05, 0) is 19.1 Å². The number of aryl methyl sites for hydroxylation is 1. The van der Waals surface area contributed by atoms with Gasteiger partial charge >= 0.3 is 0 Å². The van der Waals surface area contributed by atoms with Gasteiger partial charge in [0.2, 0.25) is 5.91 Å². The van der Waals surface area contributed by atoms with Crippen LogP contribution in [0.15, 0.2) is 60.0 Å². The predicted molar refractivity (Wildman–Crippen MR) is 117 cm³/mol. The van der Waals surface area contributed by atoms with Crippen molar-refractivity contribution in [1.82, 2.24) is 25.1 Å². The van der Waals surface area contributed by atoms with Gasteiger partial charge in [0.15, 0.2) is 10.6 Å². The summed E-state index contributed by atoms with van der Waals surface area (Å²) in [6, 6.07) is 17.9. The molecule has 8 heteroatoms. The van der Waals surface area contributed by atoms with Gasteiger partial charge < -0.3 is 5.32 Å². The van der Waals surface area contributed by atoms with E-state index < -0.39 is 0 Å². The highest BCUT2D eigenvalue weighted by atomic mass is 32.1. The number of hydrogen-bond donors (Lipinski definition) is 2. The van der Waals surface area contributed by atoms with Crippen LogP contribution in [-0.4, -0.2) is 25.7 Å². The van der Waals surface area contributed by atoms with Gasteiger partial charge in [-0.2, -0.15) is 5.10 Å². The molecule has 0 radical (unpaired) electrons. The van der Waals surface area contributed by atoms with Crippen LogP contribution in [0.5, 0.6) is 0 Å². The highest BCUT2D eigenvalue weighted by molar-refractivity contribution is 7.71. The summed E-state index contributed by atoms with van der Waals surface area (Å²) in [6.45, 7) is 2.48. The third-order valence-electron chi connectivity index (χ3n) is 4.41. The molecule has 2 aromatic heterocycles. The van der Waals surface area contributed by atoms with Gasteiger partial charge in [-0.15, -0.1) is 11.3 Å². The number of aromatic amines is 1. The standard InChI is InChI=1S/C21H19N5OS2/c1-14-7-9-15(10-8-14)19-24-25-21(28)26(19)12-18(27)22-11-17-13-29-20(23-17)16-5-3-2-4-6-16/h2-10,13H,11-12H2,1H3,(H,22,27)(H,25,28). The first-order valence-electron chi connectivity index (χ1n) is 9.09. The van der Waals surface area contributed by atoms with Gasteiger partial charge in [0.05, 0.1) is 12.2 Å². The third kappa shape index (κ3) is 4.49.